The smallest absolute Gasteiger partial charge is 0.0583 e. The van der Waals surface area contributed by atoms with Crippen LogP contribution in [0.4, 0.5) is 0 Å². The maximum absolute atomic E-state index is 9.76. The van der Waals surface area contributed by atoms with Gasteiger partial charge in [-0.1, -0.05) is 54.6 Å². The molecule has 0 saturated carbocycles. The maximum Gasteiger partial charge on any atom is 0.0583 e. The van der Waals surface area contributed by atoms with Crippen molar-refractivity contribution in [1.82, 2.24) is 0 Å². The van der Waals surface area contributed by atoms with Gasteiger partial charge >= 0.3 is 0 Å². The first kappa shape index (κ1) is 10.5. The fourth-order valence-electron chi connectivity index (χ4n) is 2.67. The molecule has 2 unspecified atom stereocenters. The summed E-state index contributed by atoms with van der Waals surface area (Å²) in [7, 11) is 0. The molecule has 0 spiro atoms. The Hall–Kier alpha value is -1.60. The molecule has 1 nitrogen and oxygen atoms in total. The maximum atomic E-state index is 9.76. The van der Waals surface area contributed by atoms with Gasteiger partial charge < -0.3 is 5.11 Å². The van der Waals surface area contributed by atoms with Crippen molar-refractivity contribution < 1.29 is 5.11 Å². The van der Waals surface area contributed by atoms with Gasteiger partial charge in [-0.05, 0) is 29.2 Å². The molecule has 2 aromatic rings. The van der Waals surface area contributed by atoms with Crippen LogP contribution >= 0.6 is 0 Å². The molecule has 1 heteroatoms. The fraction of sp³-hybridized carbons (Fsp3) is 0.250. The molecule has 0 heterocycles. The van der Waals surface area contributed by atoms with Gasteiger partial charge in [-0.3, -0.25) is 0 Å². The molecule has 0 radical (unpaired) electrons. The third-order valence-corrected chi connectivity index (χ3v) is 3.53. The minimum absolute atomic E-state index is 0.191. The van der Waals surface area contributed by atoms with E-state index in [4.69, 9.17) is 0 Å². The minimum Gasteiger partial charge on any atom is -0.393 e. The Labute approximate surface area is 101 Å². The molecular weight excluding hydrogens is 208 g/mol. The Kier molecular flexibility index (Phi) is 2.69. The highest BCUT2D eigenvalue weighted by atomic mass is 16.3. The summed E-state index contributed by atoms with van der Waals surface area (Å²) in [6.07, 6.45) is 5.77. The lowest BCUT2D eigenvalue weighted by atomic mass is 9.85. The molecule has 1 aliphatic carbocycles. The molecule has 0 fully saturated rings. The fourth-order valence-corrected chi connectivity index (χ4v) is 2.67. The van der Waals surface area contributed by atoms with Gasteiger partial charge in [-0.25, -0.2) is 0 Å². The number of allylic oxidation sites excluding steroid dienone is 1. The number of aliphatic hydroxyl groups excluding tert-OH is 1. The number of hydrogen-bond donors (Lipinski definition) is 1. The summed E-state index contributed by atoms with van der Waals surface area (Å²) in [5.41, 5.74) is 1.33. The van der Waals surface area contributed by atoms with Crippen LogP contribution < -0.4 is 0 Å². The van der Waals surface area contributed by atoms with Crippen molar-refractivity contribution in [2.24, 2.45) is 0 Å². The second kappa shape index (κ2) is 4.34. The van der Waals surface area contributed by atoms with Crippen molar-refractivity contribution in [1.29, 1.82) is 0 Å². The quantitative estimate of drug-likeness (QED) is 0.733. The number of rotatable bonds is 1. The van der Waals surface area contributed by atoms with Gasteiger partial charge in [0.1, 0.15) is 0 Å². The number of hydrogen-bond acceptors (Lipinski definition) is 1. The van der Waals surface area contributed by atoms with Crippen molar-refractivity contribution in [3.8, 4) is 0 Å². The van der Waals surface area contributed by atoms with Crippen molar-refractivity contribution in [3.63, 3.8) is 0 Å². The number of fused-ring (bicyclic) bond motifs is 1. The van der Waals surface area contributed by atoms with Gasteiger partial charge in [-0.15, -0.1) is 0 Å². The van der Waals surface area contributed by atoms with E-state index in [9.17, 15) is 5.11 Å². The van der Waals surface area contributed by atoms with Crippen LogP contribution in [0.2, 0.25) is 0 Å². The highest BCUT2D eigenvalue weighted by molar-refractivity contribution is 5.86. The summed E-state index contributed by atoms with van der Waals surface area (Å²) in [5.74, 6) is 0.352. The van der Waals surface area contributed by atoms with E-state index in [0.717, 1.165) is 12.8 Å². The second-order valence-electron chi connectivity index (χ2n) is 4.73. The first-order valence-corrected chi connectivity index (χ1v) is 6.17. The summed E-state index contributed by atoms with van der Waals surface area (Å²) in [6.45, 7) is 0. The SMILES string of the molecule is OC1CC=CC(c2cccc3ccccc23)C1. The monoisotopic (exact) mass is 224 g/mol. The van der Waals surface area contributed by atoms with Gasteiger partial charge in [0.05, 0.1) is 6.10 Å². The Morgan fingerprint density at radius 3 is 2.71 bits per heavy atom. The molecule has 1 N–H and O–H groups in total. The van der Waals surface area contributed by atoms with Crippen LogP contribution in [-0.4, -0.2) is 11.2 Å². The van der Waals surface area contributed by atoms with E-state index < -0.39 is 0 Å². The summed E-state index contributed by atoms with van der Waals surface area (Å²) < 4.78 is 0. The average molecular weight is 224 g/mol. The van der Waals surface area contributed by atoms with E-state index in [-0.39, 0.29) is 6.10 Å². The molecule has 1 aliphatic rings. The molecular formula is C16H16O. The first-order valence-electron chi connectivity index (χ1n) is 6.17. The van der Waals surface area contributed by atoms with E-state index in [1.165, 1.54) is 16.3 Å². The molecule has 2 aromatic carbocycles. The van der Waals surface area contributed by atoms with Crippen molar-refractivity contribution in [2.45, 2.75) is 24.9 Å². The highest BCUT2D eigenvalue weighted by Gasteiger charge is 2.18. The summed E-state index contributed by atoms with van der Waals surface area (Å²) >= 11 is 0. The standard InChI is InChI=1S/C16H16O/c17-14-8-3-7-13(11-14)16-10-4-6-12-5-1-2-9-15(12)16/h1-7,9-10,13-14,17H,8,11H2. The lowest BCUT2D eigenvalue weighted by Crippen LogP contribution is -2.14. The lowest BCUT2D eigenvalue weighted by molar-refractivity contribution is 0.158. The summed E-state index contributed by atoms with van der Waals surface area (Å²) in [6, 6.07) is 14.9. The highest BCUT2D eigenvalue weighted by Crippen LogP contribution is 2.32. The summed E-state index contributed by atoms with van der Waals surface area (Å²) in [4.78, 5) is 0. The van der Waals surface area contributed by atoms with Crippen LogP contribution in [0.15, 0.2) is 54.6 Å². The van der Waals surface area contributed by atoms with Crippen LogP contribution in [0.1, 0.15) is 24.3 Å². The predicted molar refractivity (Wildman–Crippen MR) is 71.1 cm³/mol. The zero-order chi connectivity index (χ0) is 11.7. The van der Waals surface area contributed by atoms with Gasteiger partial charge in [0, 0.05) is 5.92 Å². The summed E-state index contributed by atoms with van der Waals surface area (Å²) in [5, 5.41) is 12.3. The molecule has 2 atom stereocenters. The number of aliphatic hydroxyl groups is 1. The molecule has 0 saturated heterocycles. The Morgan fingerprint density at radius 1 is 1.00 bits per heavy atom. The van der Waals surface area contributed by atoms with Gasteiger partial charge in [0.2, 0.25) is 0 Å². The van der Waals surface area contributed by atoms with Gasteiger partial charge in [0.15, 0.2) is 0 Å². The van der Waals surface area contributed by atoms with E-state index in [1.807, 2.05) is 0 Å². The molecule has 0 bridgehead atoms. The molecule has 3 rings (SSSR count). The van der Waals surface area contributed by atoms with Crippen molar-refractivity contribution in [2.75, 3.05) is 0 Å². The van der Waals surface area contributed by atoms with E-state index in [0.29, 0.717) is 5.92 Å². The first-order chi connectivity index (χ1) is 8.34. The van der Waals surface area contributed by atoms with Crippen LogP contribution in [0.3, 0.4) is 0 Å². The third kappa shape index (κ3) is 1.98. The van der Waals surface area contributed by atoms with E-state index in [1.54, 1.807) is 0 Å². The zero-order valence-electron chi connectivity index (χ0n) is 9.71. The van der Waals surface area contributed by atoms with Crippen LogP contribution in [-0.2, 0) is 0 Å². The van der Waals surface area contributed by atoms with Crippen LogP contribution in [0, 0.1) is 0 Å². The van der Waals surface area contributed by atoms with Crippen LogP contribution in [0.5, 0.6) is 0 Å². The molecule has 0 aliphatic heterocycles. The predicted octanol–water partition coefficient (Wildman–Crippen LogP) is 3.63. The Bertz CT molecular complexity index is 551. The molecule has 86 valence electrons. The lowest BCUT2D eigenvalue weighted by Gasteiger charge is -2.22. The Balaban J connectivity index is 2.11. The second-order valence-corrected chi connectivity index (χ2v) is 4.73. The molecule has 17 heavy (non-hydrogen) atoms. The largest absolute Gasteiger partial charge is 0.393 e. The van der Waals surface area contributed by atoms with Gasteiger partial charge in [0.25, 0.3) is 0 Å². The molecule has 0 aromatic heterocycles. The normalized spacial score (nSPS) is 24.1. The third-order valence-electron chi connectivity index (χ3n) is 3.53. The number of benzene rings is 2. The van der Waals surface area contributed by atoms with Crippen LogP contribution in [0.25, 0.3) is 10.8 Å². The van der Waals surface area contributed by atoms with E-state index >= 15 is 0 Å². The van der Waals surface area contributed by atoms with Crippen molar-refractivity contribution in [3.05, 3.63) is 60.2 Å². The van der Waals surface area contributed by atoms with E-state index in [2.05, 4.69) is 54.6 Å². The molecule has 0 amide bonds. The average Bonchev–Trinajstić information content (AvgIpc) is 2.38. The Morgan fingerprint density at radius 2 is 1.82 bits per heavy atom. The zero-order valence-corrected chi connectivity index (χ0v) is 9.71. The topological polar surface area (TPSA) is 20.2 Å². The minimum atomic E-state index is -0.191. The van der Waals surface area contributed by atoms with Gasteiger partial charge in [-0.2, -0.15) is 0 Å². The van der Waals surface area contributed by atoms with Crippen molar-refractivity contribution >= 4 is 10.8 Å².